The molecule has 2 atom stereocenters. The van der Waals surface area contributed by atoms with Gasteiger partial charge in [0, 0.05) is 12.3 Å². The molecule has 0 heterocycles. The van der Waals surface area contributed by atoms with E-state index in [4.69, 9.17) is 16.3 Å². The Morgan fingerprint density at radius 3 is 2.40 bits per heavy atom. The molecule has 2 unspecified atom stereocenters. The van der Waals surface area contributed by atoms with Crippen LogP contribution < -0.4 is 0 Å². The van der Waals surface area contributed by atoms with E-state index in [1.165, 1.54) is 0 Å². The fourth-order valence-corrected chi connectivity index (χ4v) is 2.22. The van der Waals surface area contributed by atoms with E-state index in [0.717, 1.165) is 0 Å². The summed E-state index contributed by atoms with van der Waals surface area (Å²) in [5.41, 5.74) is -0.0847. The minimum Gasteiger partial charge on any atom is -0.424 e. The second-order valence-electron chi connectivity index (χ2n) is 4.59. The molecule has 15 heavy (non-hydrogen) atoms. The minimum absolute atomic E-state index is 0.0194. The fourth-order valence-electron chi connectivity index (χ4n) is 1.51. The zero-order valence-corrected chi connectivity index (χ0v) is 10.2. The van der Waals surface area contributed by atoms with Crippen molar-refractivity contribution in [3.63, 3.8) is 0 Å². The lowest BCUT2D eigenvalue weighted by Crippen LogP contribution is -2.20. The number of ether oxygens (including phenoxy) is 1. The summed E-state index contributed by atoms with van der Waals surface area (Å²) in [6.45, 7) is 5.91. The molecule has 5 nitrogen and oxygen atoms in total. The number of carbonyl (C=O) groups excluding carboxylic acids is 1. The van der Waals surface area contributed by atoms with Gasteiger partial charge >= 0.3 is 16.6 Å². The summed E-state index contributed by atoms with van der Waals surface area (Å²) < 4.78 is 27.6. The van der Waals surface area contributed by atoms with Crippen LogP contribution >= 0.6 is 11.6 Å². The summed E-state index contributed by atoms with van der Waals surface area (Å²) in [7, 11) is -2.79. The third-order valence-electron chi connectivity index (χ3n) is 2.29. The molecule has 1 aliphatic carbocycles. The van der Waals surface area contributed by atoms with Gasteiger partial charge < -0.3 is 4.74 Å². The van der Waals surface area contributed by atoms with Crippen LogP contribution in [0.2, 0.25) is 0 Å². The molecule has 1 amide bonds. The van der Waals surface area contributed by atoms with E-state index >= 15 is 0 Å². The van der Waals surface area contributed by atoms with Crippen LogP contribution in [0, 0.1) is 11.3 Å². The van der Waals surface area contributed by atoms with Gasteiger partial charge in [-0.2, -0.15) is 8.42 Å². The standard InChI is InChI=1S/C8H12ClNO4S/c1-7(2,3)5-4-8(5,9)14-6(11)10-15(12)13/h5H,4H2,1-3H3. The van der Waals surface area contributed by atoms with E-state index in [1.54, 1.807) is 0 Å². The molecule has 0 radical (unpaired) electrons. The van der Waals surface area contributed by atoms with E-state index < -0.39 is 21.7 Å². The smallest absolute Gasteiger partial charge is 0.424 e. The van der Waals surface area contributed by atoms with Gasteiger partial charge in [0.2, 0.25) is 0 Å². The third-order valence-corrected chi connectivity index (χ3v) is 3.09. The van der Waals surface area contributed by atoms with E-state index in [9.17, 15) is 13.2 Å². The molecule has 1 saturated carbocycles. The lowest BCUT2D eigenvalue weighted by atomic mass is 9.90. The summed E-state index contributed by atoms with van der Waals surface area (Å²) in [4.78, 5) is 10.9. The van der Waals surface area contributed by atoms with Gasteiger partial charge in [-0.25, -0.2) is 4.79 Å². The topological polar surface area (TPSA) is 72.8 Å². The Balaban J connectivity index is 2.63. The van der Waals surface area contributed by atoms with E-state index in [1.807, 2.05) is 20.8 Å². The van der Waals surface area contributed by atoms with E-state index in [0.29, 0.717) is 6.42 Å². The largest absolute Gasteiger partial charge is 0.450 e. The summed E-state index contributed by atoms with van der Waals surface area (Å²) in [6, 6.07) is 0. The first kappa shape index (κ1) is 12.4. The van der Waals surface area contributed by atoms with Crippen molar-refractivity contribution in [2.24, 2.45) is 15.7 Å². The Labute approximate surface area is 94.5 Å². The van der Waals surface area contributed by atoms with Gasteiger partial charge in [-0.15, -0.1) is 0 Å². The highest BCUT2D eigenvalue weighted by Crippen LogP contribution is 2.59. The maximum atomic E-state index is 10.9. The second-order valence-corrected chi connectivity index (χ2v) is 5.84. The van der Waals surface area contributed by atoms with Crippen LogP contribution in [0.5, 0.6) is 0 Å². The summed E-state index contributed by atoms with van der Waals surface area (Å²) >= 11 is 5.97. The number of nitrogens with zero attached hydrogens (tertiary/aromatic N) is 1. The van der Waals surface area contributed by atoms with Crippen molar-refractivity contribution < 1.29 is 17.9 Å². The molecule has 7 heteroatoms. The first-order chi connectivity index (χ1) is 6.65. The van der Waals surface area contributed by atoms with Crippen molar-refractivity contribution in [2.45, 2.75) is 32.3 Å². The van der Waals surface area contributed by atoms with Crippen LogP contribution in [-0.2, 0) is 15.2 Å². The second kappa shape index (κ2) is 3.75. The Hall–Kier alpha value is -0.620. The van der Waals surface area contributed by atoms with Crippen molar-refractivity contribution in [3.8, 4) is 0 Å². The molecule has 1 aliphatic rings. The van der Waals surface area contributed by atoms with Gasteiger partial charge in [0.05, 0.1) is 0 Å². The number of hydrogen-bond acceptors (Lipinski definition) is 4. The van der Waals surface area contributed by atoms with E-state index in [-0.39, 0.29) is 11.3 Å². The zero-order valence-electron chi connectivity index (χ0n) is 8.65. The lowest BCUT2D eigenvalue weighted by molar-refractivity contribution is 0.113. The van der Waals surface area contributed by atoms with Gasteiger partial charge in [-0.3, -0.25) is 0 Å². The molecule has 0 aromatic carbocycles. The van der Waals surface area contributed by atoms with Crippen LogP contribution in [0.25, 0.3) is 0 Å². The monoisotopic (exact) mass is 253 g/mol. The van der Waals surface area contributed by atoms with Crippen molar-refractivity contribution in [3.05, 3.63) is 0 Å². The van der Waals surface area contributed by atoms with Crippen LogP contribution in [0.15, 0.2) is 4.36 Å². The number of halogens is 1. The molecular weight excluding hydrogens is 242 g/mol. The summed E-state index contributed by atoms with van der Waals surface area (Å²) in [5.74, 6) is 0.0194. The Kier molecular flexibility index (Phi) is 3.11. The number of carbonyl (C=O) groups is 1. The Morgan fingerprint density at radius 2 is 2.07 bits per heavy atom. The van der Waals surface area contributed by atoms with Crippen molar-refractivity contribution in [1.29, 1.82) is 0 Å². The van der Waals surface area contributed by atoms with Gasteiger partial charge in [0.1, 0.15) is 0 Å². The van der Waals surface area contributed by atoms with Gasteiger partial charge in [-0.1, -0.05) is 36.7 Å². The molecular formula is C8H12ClNO4S. The normalized spacial score (nSPS) is 29.5. The van der Waals surface area contributed by atoms with Crippen LogP contribution in [0.1, 0.15) is 27.2 Å². The molecule has 86 valence electrons. The van der Waals surface area contributed by atoms with Crippen LogP contribution in [-0.4, -0.2) is 19.6 Å². The summed E-state index contributed by atoms with van der Waals surface area (Å²) in [6.07, 6.45) is -0.643. The minimum atomic E-state index is -2.79. The fraction of sp³-hybridized carbons (Fsp3) is 0.875. The van der Waals surface area contributed by atoms with Gasteiger partial charge in [0.15, 0.2) is 5.06 Å². The number of rotatable bonds is 1. The highest BCUT2D eigenvalue weighted by molar-refractivity contribution is 7.62. The predicted molar refractivity (Wildman–Crippen MR) is 54.0 cm³/mol. The molecule has 0 bridgehead atoms. The molecule has 0 saturated heterocycles. The van der Waals surface area contributed by atoms with Gasteiger partial charge in [-0.05, 0) is 5.41 Å². The molecule has 0 aromatic rings. The third kappa shape index (κ3) is 3.17. The Morgan fingerprint density at radius 1 is 1.53 bits per heavy atom. The highest BCUT2D eigenvalue weighted by atomic mass is 35.5. The summed E-state index contributed by atoms with van der Waals surface area (Å²) in [5, 5.41) is -1.09. The van der Waals surface area contributed by atoms with Crippen molar-refractivity contribution in [2.75, 3.05) is 0 Å². The van der Waals surface area contributed by atoms with E-state index in [2.05, 4.69) is 4.36 Å². The van der Waals surface area contributed by atoms with Crippen LogP contribution in [0.3, 0.4) is 0 Å². The van der Waals surface area contributed by atoms with Crippen molar-refractivity contribution >= 4 is 28.2 Å². The Bertz CT molecular complexity index is 403. The maximum absolute atomic E-state index is 10.9. The highest BCUT2D eigenvalue weighted by Gasteiger charge is 2.61. The molecule has 0 N–H and O–H groups in total. The average Bonchev–Trinajstić information content (AvgIpc) is 2.57. The number of alkyl halides is 1. The molecule has 0 spiro atoms. The van der Waals surface area contributed by atoms with Crippen LogP contribution in [0.4, 0.5) is 4.79 Å². The average molecular weight is 254 g/mol. The first-order valence-corrected chi connectivity index (χ1v) is 5.79. The van der Waals surface area contributed by atoms with Gasteiger partial charge in [0.25, 0.3) is 0 Å². The first-order valence-electron chi connectivity index (χ1n) is 4.38. The molecule has 0 aliphatic heterocycles. The zero-order chi connectivity index (χ0) is 11.9. The van der Waals surface area contributed by atoms with Crippen molar-refractivity contribution in [1.82, 2.24) is 0 Å². The number of hydrogen-bond donors (Lipinski definition) is 0. The molecule has 1 rings (SSSR count). The predicted octanol–water partition coefficient (Wildman–Crippen LogP) is 2.19. The quantitative estimate of drug-likeness (QED) is 0.672. The molecule has 1 fully saturated rings. The molecule has 0 aromatic heterocycles. The SMILES string of the molecule is CC(C)(C)C1CC1(Cl)OC(=O)N=S(=O)=O. The lowest BCUT2D eigenvalue weighted by Gasteiger charge is -2.20. The number of amides is 1. The maximum Gasteiger partial charge on any atom is 0.450 e.